The van der Waals surface area contributed by atoms with Gasteiger partial charge in [-0.25, -0.2) is 8.42 Å². The van der Waals surface area contributed by atoms with Gasteiger partial charge in [-0.3, -0.25) is 0 Å². The molecular weight excluding hydrogens is 232 g/mol. The van der Waals surface area contributed by atoms with Gasteiger partial charge in [0.1, 0.15) is 5.75 Å². The fraction of sp³-hybridized carbons (Fsp3) is 0.778. The van der Waals surface area contributed by atoms with E-state index >= 15 is 0 Å². The highest BCUT2D eigenvalue weighted by molar-refractivity contribution is 7.89. The lowest BCUT2D eigenvalue weighted by Crippen LogP contribution is -2.13. The molecule has 1 aliphatic carbocycles. The van der Waals surface area contributed by atoms with Crippen LogP contribution in [0.15, 0.2) is 4.52 Å². The lowest BCUT2D eigenvalue weighted by molar-refractivity contribution is 0.140. The predicted molar refractivity (Wildman–Crippen MR) is 55.3 cm³/mol. The molecule has 0 aromatic carbocycles. The minimum Gasteiger partial charge on any atom is -0.392 e. The summed E-state index contributed by atoms with van der Waals surface area (Å²) in [6.45, 7) is 0. The zero-order valence-electron chi connectivity index (χ0n) is 8.96. The fourth-order valence-electron chi connectivity index (χ4n) is 1.49. The third-order valence-corrected chi connectivity index (χ3v) is 3.23. The Kier molecular flexibility index (Phi) is 2.98. The van der Waals surface area contributed by atoms with Crippen molar-refractivity contribution >= 4 is 9.84 Å². The van der Waals surface area contributed by atoms with Gasteiger partial charge in [0, 0.05) is 6.26 Å². The summed E-state index contributed by atoms with van der Waals surface area (Å²) in [5.41, 5.74) is 0. The Balaban J connectivity index is 1.96. The van der Waals surface area contributed by atoms with Crippen molar-refractivity contribution in [2.24, 2.45) is 5.92 Å². The quantitative estimate of drug-likeness (QED) is 0.781. The van der Waals surface area contributed by atoms with E-state index in [-0.39, 0.29) is 11.6 Å². The summed E-state index contributed by atoms with van der Waals surface area (Å²) in [6, 6.07) is 0. The Morgan fingerprint density at radius 3 is 2.81 bits per heavy atom. The van der Waals surface area contributed by atoms with Crippen LogP contribution < -0.4 is 0 Å². The number of aromatic nitrogens is 2. The van der Waals surface area contributed by atoms with E-state index in [0.29, 0.717) is 18.2 Å². The number of sulfone groups is 1. The number of hydrogen-bond donors (Lipinski definition) is 1. The Hall–Kier alpha value is -0.950. The Labute approximate surface area is 93.6 Å². The fourth-order valence-corrected chi connectivity index (χ4v) is 2.08. The largest absolute Gasteiger partial charge is 0.392 e. The first-order valence-electron chi connectivity index (χ1n) is 5.11. The van der Waals surface area contributed by atoms with Crippen LogP contribution in [0.5, 0.6) is 0 Å². The minimum atomic E-state index is -3.14. The number of nitrogens with zero attached hydrogens (tertiary/aromatic N) is 2. The topological polar surface area (TPSA) is 93.3 Å². The Morgan fingerprint density at radius 1 is 1.56 bits per heavy atom. The van der Waals surface area contributed by atoms with E-state index in [4.69, 9.17) is 4.52 Å². The summed E-state index contributed by atoms with van der Waals surface area (Å²) < 4.78 is 26.8. The lowest BCUT2D eigenvalue weighted by Gasteiger charge is -2.03. The summed E-state index contributed by atoms with van der Waals surface area (Å²) in [7, 11) is -3.14. The number of hydrogen-bond acceptors (Lipinski definition) is 6. The molecule has 0 radical (unpaired) electrons. The van der Waals surface area contributed by atoms with Gasteiger partial charge in [-0.05, 0) is 18.8 Å². The summed E-state index contributed by atoms with van der Waals surface area (Å²) in [4.78, 5) is 3.93. The second-order valence-corrected chi connectivity index (χ2v) is 6.42. The molecule has 1 aromatic rings. The average Bonchev–Trinajstić information content (AvgIpc) is 2.89. The molecule has 90 valence electrons. The summed E-state index contributed by atoms with van der Waals surface area (Å²) in [6.07, 6.45) is 3.03. The molecule has 1 unspecified atom stereocenters. The molecule has 6 nitrogen and oxygen atoms in total. The van der Waals surface area contributed by atoms with Gasteiger partial charge in [0.2, 0.25) is 5.89 Å². The third kappa shape index (κ3) is 3.28. The van der Waals surface area contributed by atoms with Crippen LogP contribution in [0.4, 0.5) is 0 Å². The summed E-state index contributed by atoms with van der Waals surface area (Å²) >= 11 is 0. The molecule has 1 heterocycles. The van der Waals surface area contributed by atoms with Crippen LogP contribution in [0.25, 0.3) is 0 Å². The molecule has 16 heavy (non-hydrogen) atoms. The van der Waals surface area contributed by atoms with E-state index in [1.807, 2.05) is 0 Å². The van der Waals surface area contributed by atoms with Crippen molar-refractivity contribution in [3.05, 3.63) is 11.7 Å². The van der Waals surface area contributed by atoms with E-state index < -0.39 is 15.9 Å². The van der Waals surface area contributed by atoms with E-state index in [2.05, 4.69) is 10.1 Å². The van der Waals surface area contributed by atoms with Crippen molar-refractivity contribution in [1.82, 2.24) is 10.1 Å². The molecule has 1 atom stereocenters. The van der Waals surface area contributed by atoms with Crippen LogP contribution in [0.2, 0.25) is 0 Å². The maximum atomic E-state index is 11.0. The summed E-state index contributed by atoms with van der Waals surface area (Å²) in [5.74, 6) is 0.569. The molecule has 0 amide bonds. The van der Waals surface area contributed by atoms with Gasteiger partial charge in [-0.1, -0.05) is 5.16 Å². The highest BCUT2D eigenvalue weighted by Gasteiger charge is 2.31. The molecule has 1 aromatic heterocycles. The van der Waals surface area contributed by atoms with Gasteiger partial charge < -0.3 is 9.63 Å². The number of aliphatic hydroxyl groups is 1. The van der Waals surface area contributed by atoms with Crippen molar-refractivity contribution in [1.29, 1.82) is 0 Å². The van der Waals surface area contributed by atoms with Crippen molar-refractivity contribution < 1.29 is 18.0 Å². The summed E-state index contributed by atoms with van der Waals surface area (Å²) in [5, 5.41) is 13.2. The molecule has 1 aliphatic rings. The third-order valence-electron chi connectivity index (χ3n) is 2.45. The van der Waals surface area contributed by atoms with Gasteiger partial charge in [-0.15, -0.1) is 0 Å². The number of aliphatic hydroxyl groups excluding tert-OH is 1. The van der Waals surface area contributed by atoms with E-state index in [9.17, 15) is 13.5 Å². The minimum absolute atomic E-state index is 0.153. The van der Waals surface area contributed by atoms with Crippen LogP contribution in [-0.2, 0) is 22.0 Å². The van der Waals surface area contributed by atoms with Gasteiger partial charge in [0.15, 0.2) is 15.7 Å². The molecule has 0 saturated heterocycles. The number of rotatable bonds is 5. The SMILES string of the molecule is CS(=O)(=O)Cc1noc(CC(O)C2CC2)n1. The molecule has 1 N–H and O–H groups in total. The molecule has 2 rings (SSSR count). The Bertz CT molecular complexity index is 464. The second kappa shape index (κ2) is 4.14. The zero-order chi connectivity index (χ0) is 11.8. The van der Waals surface area contributed by atoms with Crippen LogP contribution in [0.1, 0.15) is 24.6 Å². The van der Waals surface area contributed by atoms with Crippen molar-refractivity contribution in [3.63, 3.8) is 0 Å². The standard InChI is InChI=1S/C9H14N2O4S/c1-16(13,14)5-8-10-9(15-11-8)4-7(12)6-2-3-6/h6-7,12H,2-5H2,1H3. The maximum absolute atomic E-state index is 11.0. The molecule has 1 fully saturated rings. The second-order valence-electron chi connectivity index (χ2n) is 4.28. The molecule has 7 heteroatoms. The van der Waals surface area contributed by atoms with Crippen molar-refractivity contribution in [2.75, 3.05) is 6.26 Å². The lowest BCUT2D eigenvalue weighted by atomic mass is 10.2. The monoisotopic (exact) mass is 246 g/mol. The van der Waals surface area contributed by atoms with E-state index in [1.165, 1.54) is 0 Å². The van der Waals surface area contributed by atoms with Gasteiger partial charge >= 0.3 is 0 Å². The normalized spacial score (nSPS) is 18.6. The molecular formula is C9H14N2O4S. The predicted octanol–water partition coefficient (Wildman–Crippen LogP) is -0.0724. The van der Waals surface area contributed by atoms with Gasteiger partial charge in [0.25, 0.3) is 0 Å². The van der Waals surface area contributed by atoms with Crippen molar-refractivity contribution in [2.45, 2.75) is 31.1 Å². The first-order valence-corrected chi connectivity index (χ1v) is 7.17. The van der Waals surface area contributed by atoms with Crippen molar-refractivity contribution in [3.8, 4) is 0 Å². The van der Waals surface area contributed by atoms with E-state index in [0.717, 1.165) is 19.1 Å². The van der Waals surface area contributed by atoms with Gasteiger partial charge in [0.05, 0.1) is 12.5 Å². The molecule has 0 aliphatic heterocycles. The smallest absolute Gasteiger partial charge is 0.229 e. The molecule has 1 saturated carbocycles. The maximum Gasteiger partial charge on any atom is 0.229 e. The zero-order valence-corrected chi connectivity index (χ0v) is 9.77. The van der Waals surface area contributed by atoms with Gasteiger partial charge in [-0.2, -0.15) is 4.98 Å². The van der Waals surface area contributed by atoms with Crippen LogP contribution in [-0.4, -0.2) is 36.0 Å². The van der Waals surface area contributed by atoms with Crippen LogP contribution in [0, 0.1) is 5.92 Å². The van der Waals surface area contributed by atoms with E-state index in [1.54, 1.807) is 0 Å². The first kappa shape index (κ1) is 11.5. The average molecular weight is 246 g/mol. The van der Waals surface area contributed by atoms with Crippen LogP contribution in [0.3, 0.4) is 0 Å². The first-order chi connectivity index (χ1) is 7.44. The highest BCUT2D eigenvalue weighted by Crippen LogP contribution is 2.33. The molecule has 0 bridgehead atoms. The molecule has 0 spiro atoms. The Morgan fingerprint density at radius 2 is 2.25 bits per heavy atom. The highest BCUT2D eigenvalue weighted by atomic mass is 32.2. The van der Waals surface area contributed by atoms with Crippen LogP contribution >= 0.6 is 0 Å².